The number of halogens is 2. The zero-order valence-corrected chi connectivity index (χ0v) is 14.0. The molecule has 23 heavy (non-hydrogen) atoms. The predicted molar refractivity (Wildman–Crippen MR) is 87.5 cm³/mol. The molecular formula is C15H20Cl2N2O4. The van der Waals surface area contributed by atoms with Crippen molar-refractivity contribution < 1.29 is 20.1 Å². The van der Waals surface area contributed by atoms with E-state index in [0.29, 0.717) is 23.7 Å². The van der Waals surface area contributed by atoms with E-state index in [1.54, 1.807) is 0 Å². The highest BCUT2D eigenvalue weighted by Crippen LogP contribution is 2.37. The summed E-state index contributed by atoms with van der Waals surface area (Å²) >= 11 is 11.8. The summed E-state index contributed by atoms with van der Waals surface area (Å²) in [4.78, 5) is 13.5. The summed E-state index contributed by atoms with van der Waals surface area (Å²) in [7, 11) is 0. The Morgan fingerprint density at radius 3 is 2.70 bits per heavy atom. The van der Waals surface area contributed by atoms with Crippen LogP contribution in [0.2, 0.25) is 10.0 Å². The van der Waals surface area contributed by atoms with Gasteiger partial charge in [0.15, 0.2) is 6.10 Å². The Labute approximate surface area is 144 Å². The van der Waals surface area contributed by atoms with Crippen molar-refractivity contribution in [1.29, 1.82) is 0 Å². The second-order valence-electron chi connectivity index (χ2n) is 5.74. The van der Waals surface area contributed by atoms with Crippen LogP contribution >= 0.6 is 23.2 Å². The number of hydrogen-bond donors (Lipinski definition) is 4. The Bertz CT molecular complexity index is 585. The summed E-state index contributed by atoms with van der Waals surface area (Å²) in [5.74, 6) is -0.643. The quantitative estimate of drug-likeness (QED) is 0.645. The van der Waals surface area contributed by atoms with Gasteiger partial charge >= 0.3 is 0 Å². The number of amides is 1. The SMILES string of the molecule is N[C@@H](c1cc(Cl)c(Cl)cc1O)[C@@H]1CCCN(C(=O)[C@H](O)CO)C1. The van der Waals surface area contributed by atoms with Crippen molar-refractivity contribution >= 4 is 29.1 Å². The van der Waals surface area contributed by atoms with Crippen LogP contribution < -0.4 is 5.73 Å². The van der Waals surface area contributed by atoms with Gasteiger partial charge in [0.2, 0.25) is 0 Å². The lowest BCUT2D eigenvalue weighted by molar-refractivity contribution is -0.144. The van der Waals surface area contributed by atoms with Crippen LogP contribution in [0.5, 0.6) is 5.75 Å². The van der Waals surface area contributed by atoms with Crippen LogP contribution in [0.4, 0.5) is 0 Å². The lowest BCUT2D eigenvalue weighted by Gasteiger charge is -2.36. The van der Waals surface area contributed by atoms with Crippen molar-refractivity contribution in [3.05, 3.63) is 27.7 Å². The lowest BCUT2D eigenvalue weighted by atomic mass is 9.86. The first-order valence-corrected chi connectivity index (χ1v) is 8.12. The molecule has 0 aromatic heterocycles. The molecule has 1 fully saturated rings. The maximum absolute atomic E-state index is 12.0. The van der Waals surface area contributed by atoms with Gasteiger partial charge in [-0.3, -0.25) is 4.79 Å². The topological polar surface area (TPSA) is 107 Å². The molecule has 3 atom stereocenters. The number of aliphatic hydroxyl groups excluding tert-OH is 2. The molecular weight excluding hydrogens is 343 g/mol. The van der Waals surface area contributed by atoms with Crippen LogP contribution in [0.3, 0.4) is 0 Å². The number of phenols is 1. The standard InChI is InChI=1S/C15H20Cl2N2O4/c16-10-4-9(12(21)5-11(10)17)14(18)8-2-1-3-19(6-8)15(23)13(22)7-20/h4-5,8,13-14,20-22H,1-3,6-7,18H2/t8-,13-,14-/m1/s1. The lowest BCUT2D eigenvalue weighted by Crippen LogP contribution is -2.47. The molecule has 1 aromatic rings. The number of hydrogen-bond acceptors (Lipinski definition) is 5. The van der Waals surface area contributed by atoms with Gasteiger partial charge in [-0.1, -0.05) is 23.2 Å². The third-order valence-corrected chi connectivity index (χ3v) is 4.89. The fraction of sp³-hybridized carbons (Fsp3) is 0.533. The molecule has 0 bridgehead atoms. The van der Waals surface area contributed by atoms with Gasteiger partial charge < -0.3 is 26.0 Å². The van der Waals surface area contributed by atoms with Crippen molar-refractivity contribution in [3.8, 4) is 5.75 Å². The highest BCUT2D eigenvalue weighted by Gasteiger charge is 2.32. The van der Waals surface area contributed by atoms with Gasteiger partial charge in [-0.2, -0.15) is 0 Å². The number of piperidine rings is 1. The van der Waals surface area contributed by atoms with Crippen LogP contribution in [0.15, 0.2) is 12.1 Å². The number of aliphatic hydroxyl groups is 2. The van der Waals surface area contributed by atoms with E-state index in [4.69, 9.17) is 34.0 Å². The molecule has 1 aliphatic rings. The van der Waals surface area contributed by atoms with Gasteiger partial charge in [0.25, 0.3) is 5.91 Å². The molecule has 2 rings (SSSR count). The Morgan fingerprint density at radius 1 is 1.39 bits per heavy atom. The van der Waals surface area contributed by atoms with Crippen LogP contribution in [0.1, 0.15) is 24.4 Å². The largest absolute Gasteiger partial charge is 0.508 e. The molecule has 5 N–H and O–H groups in total. The molecule has 1 aliphatic heterocycles. The maximum Gasteiger partial charge on any atom is 0.253 e. The highest BCUT2D eigenvalue weighted by atomic mass is 35.5. The summed E-state index contributed by atoms with van der Waals surface area (Å²) in [6.45, 7) is 0.239. The third kappa shape index (κ3) is 4.08. The van der Waals surface area contributed by atoms with Crippen molar-refractivity contribution in [3.63, 3.8) is 0 Å². The molecule has 0 unspecified atom stereocenters. The van der Waals surface area contributed by atoms with Gasteiger partial charge in [0.05, 0.1) is 16.7 Å². The average molecular weight is 363 g/mol. The van der Waals surface area contributed by atoms with Crippen molar-refractivity contribution in [2.24, 2.45) is 11.7 Å². The van der Waals surface area contributed by atoms with Gasteiger partial charge in [0, 0.05) is 30.8 Å². The van der Waals surface area contributed by atoms with Crippen molar-refractivity contribution in [2.45, 2.75) is 25.0 Å². The molecule has 0 spiro atoms. The molecule has 1 aromatic carbocycles. The number of carbonyl (C=O) groups is 1. The Kier molecular flexibility index (Phi) is 6.11. The Morgan fingerprint density at radius 2 is 2.04 bits per heavy atom. The molecule has 1 amide bonds. The van der Waals surface area contributed by atoms with E-state index >= 15 is 0 Å². The van der Waals surface area contributed by atoms with Gasteiger partial charge in [-0.25, -0.2) is 0 Å². The Balaban J connectivity index is 2.15. The van der Waals surface area contributed by atoms with E-state index < -0.39 is 24.7 Å². The van der Waals surface area contributed by atoms with Crippen LogP contribution in [-0.2, 0) is 4.79 Å². The molecule has 8 heteroatoms. The van der Waals surface area contributed by atoms with E-state index in [-0.39, 0.29) is 16.7 Å². The zero-order valence-electron chi connectivity index (χ0n) is 12.5. The number of rotatable bonds is 4. The number of aromatic hydroxyl groups is 1. The van der Waals surface area contributed by atoms with Crippen LogP contribution in [0, 0.1) is 5.92 Å². The molecule has 1 heterocycles. The molecule has 128 valence electrons. The van der Waals surface area contributed by atoms with E-state index in [0.717, 1.165) is 12.8 Å². The molecule has 0 aliphatic carbocycles. The zero-order chi connectivity index (χ0) is 17.1. The molecule has 6 nitrogen and oxygen atoms in total. The number of phenolic OH excluding ortho intramolecular Hbond substituents is 1. The Hall–Kier alpha value is -1.05. The summed E-state index contributed by atoms with van der Waals surface area (Å²) in [6.07, 6.45) is 0.0906. The van der Waals surface area contributed by atoms with E-state index in [9.17, 15) is 15.0 Å². The minimum atomic E-state index is -1.41. The summed E-state index contributed by atoms with van der Waals surface area (Å²) < 4.78 is 0. The first kappa shape index (κ1) is 18.3. The van der Waals surface area contributed by atoms with Crippen molar-refractivity contribution in [1.82, 2.24) is 4.90 Å². The van der Waals surface area contributed by atoms with Gasteiger partial charge in [-0.15, -0.1) is 0 Å². The fourth-order valence-electron chi connectivity index (χ4n) is 2.86. The first-order chi connectivity index (χ1) is 10.8. The number of nitrogens with zero attached hydrogens (tertiary/aromatic N) is 1. The fourth-order valence-corrected chi connectivity index (χ4v) is 3.19. The second kappa shape index (κ2) is 7.68. The average Bonchev–Trinajstić information content (AvgIpc) is 2.56. The number of nitrogens with two attached hydrogens (primary N) is 1. The van der Waals surface area contributed by atoms with Crippen LogP contribution in [-0.4, -0.2) is 51.9 Å². The monoisotopic (exact) mass is 362 g/mol. The second-order valence-corrected chi connectivity index (χ2v) is 6.55. The smallest absolute Gasteiger partial charge is 0.253 e. The minimum Gasteiger partial charge on any atom is -0.508 e. The maximum atomic E-state index is 12.0. The summed E-state index contributed by atoms with van der Waals surface area (Å²) in [6, 6.07) is 2.36. The molecule has 0 saturated carbocycles. The minimum absolute atomic E-state index is 0.0363. The van der Waals surface area contributed by atoms with E-state index in [1.807, 2.05) is 0 Å². The summed E-state index contributed by atoms with van der Waals surface area (Å²) in [5, 5.41) is 29.0. The predicted octanol–water partition coefficient (Wildman–Crippen LogP) is 1.29. The number of benzene rings is 1. The van der Waals surface area contributed by atoms with E-state index in [2.05, 4.69) is 0 Å². The van der Waals surface area contributed by atoms with E-state index in [1.165, 1.54) is 17.0 Å². The molecule has 1 saturated heterocycles. The first-order valence-electron chi connectivity index (χ1n) is 7.36. The van der Waals surface area contributed by atoms with Gasteiger partial charge in [-0.05, 0) is 24.8 Å². The highest BCUT2D eigenvalue weighted by molar-refractivity contribution is 6.42. The van der Waals surface area contributed by atoms with Crippen molar-refractivity contribution in [2.75, 3.05) is 19.7 Å². The normalized spacial score (nSPS) is 21.1. The molecule has 0 radical (unpaired) electrons. The number of likely N-dealkylation sites (tertiary alicyclic amines) is 1. The number of carbonyl (C=O) groups excluding carboxylic acids is 1. The van der Waals surface area contributed by atoms with Crippen LogP contribution in [0.25, 0.3) is 0 Å². The summed E-state index contributed by atoms with van der Waals surface area (Å²) in [5.41, 5.74) is 6.72. The third-order valence-electron chi connectivity index (χ3n) is 4.16. The van der Waals surface area contributed by atoms with Gasteiger partial charge in [0.1, 0.15) is 5.75 Å².